The number of nitrogens with zero attached hydrogens (tertiary/aromatic N) is 2. The lowest BCUT2D eigenvalue weighted by molar-refractivity contribution is -0.136. The predicted octanol–water partition coefficient (Wildman–Crippen LogP) is 3.11. The van der Waals surface area contributed by atoms with E-state index in [0.717, 1.165) is 5.69 Å². The Hall–Kier alpha value is -3.04. The molecule has 0 aliphatic carbocycles. The summed E-state index contributed by atoms with van der Waals surface area (Å²) in [4.78, 5) is 13.1. The Bertz CT molecular complexity index is 873. The highest BCUT2D eigenvalue weighted by molar-refractivity contribution is 5.68. The van der Waals surface area contributed by atoms with Gasteiger partial charge in [0.1, 0.15) is 17.5 Å². The van der Waals surface area contributed by atoms with Crippen LogP contribution in [0, 0.1) is 11.3 Å². The molecule has 0 saturated carbocycles. The van der Waals surface area contributed by atoms with Gasteiger partial charge >= 0.3 is 5.97 Å². The third-order valence-corrected chi connectivity index (χ3v) is 4.83. The van der Waals surface area contributed by atoms with E-state index in [2.05, 4.69) is 6.07 Å². The standard InChI is InChI=1S/C21H22N2O4/c1-21(2)20(26)19(16-12-14(13-22)8-9-17(16)27-21)23(11-10-18(24)25)15-6-4-3-5-7-15/h3-9,12,19-20,26H,10-11H2,1-2H3,(H,24,25). The summed E-state index contributed by atoms with van der Waals surface area (Å²) in [5.41, 5.74) is 1.06. The quantitative estimate of drug-likeness (QED) is 0.844. The molecule has 2 unspecified atom stereocenters. The second-order valence-electron chi connectivity index (χ2n) is 7.13. The summed E-state index contributed by atoms with van der Waals surface area (Å²) in [6.07, 6.45) is -1.000. The number of aliphatic hydroxyl groups excluding tert-OH is 1. The molecule has 0 aromatic heterocycles. The van der Waals surface area contributed by atoms with Crippen molar-refractivity contribution in [2.24, 2.45) is 0 Å². The van der Waals surface area contributed by atoms with Crippen LogP contribution in [0.15, 0.2) is 48.5 Å². The zero-order chi connectivity index (χ0) is 19.6. The van der Waals surface area contributed by atoms with Crippen LogP contribution in [0.4, 0.5) is 5.69 Å². The molecule has 0 amide bonds. The van der Waals surface area contributed by atoms with Gasteiger partial charge in [0.15, 0.2) is 0 Å². The van der Waals surface area contributed by atoms with Crippen molar-refractivity contribution in [2.45, 2.75) is 38.0 Å². The Morgan fingerprint density at radius 2 is 1.96 bits per heavy atom. The maximum Gasteiger partial charge on any atom is 0.305 e. The molecular formula is C21H22N2O4. The summed E-state index contributed by atoms with van der Waals surface area (Å²) in [5, 5.41) is 29.6. The van der Waals surface area contributed by atoms with Gasteiger partial charge in [-0.25, -0.2) is 0 Å². The van der Waals surface area contributed by atoms with E-state index < -0.39 is 23.7 Å². The van der Waals surface area contributed by atoms with Gasteiger partial charge in [0.25, 0.3) is 0 Å². The largest absolute Gasteiger partial charge is 0.485 e. The normalized spacial score (nSPS) is 20.1. The van der Waals surface area contributed by atoms with Crippen LogP contribution >= 0.6 is 0 Å². The van der Waals surface area contributed by atoms with E-state index in [1.165, 1.54) is 0 Å². The van der Waals surface area contributed by atoms with E-state index in [-0.39, 0.29) is 13.0 Å². The number of benzene rings is 2. The Labute approximate surface area is 158 Å². The van der Waals surface area contributed by atoms with E-state index in [4.69, 9.17) is 4.74 Å². The van der Waals surface area contributed by atoms with Crippen LogP contribution in [0.1, 0.15) is 37.4 Å². The SMILES string of the molecule is CC1(C)Oc2ccc(C#N)cc2C(N(CCC(=O)O)c2ccccc2)C1O. The van der Waals surface area contributed by atoms with Crippen LogP contribution in [0.5, 0.6) is 5.75 Å². The number of fused-ring (bicyclic) bond motifs is 1. The summed E-state index contributed by atoms with van der Waals surface area (Å²) in [7, 11) is 0. The molecule has 1 aliphatic rings. The molecular weight excluding hydrogens is 344 g/mol. The predicted molar refractivity (Wildman–Crippen MR) is 101 cm³/mol. The fourth-order valence-corrected chi connectivity index (χ4v) is 3.44. The van der Waals surface area contributed by atoms with Crippen molar-refractivity contribution in [3.8, 4) is 11.8 Å². The second-order valence-corrected chi connectivity index (χ2v) is 7.13. The number of aliphatic carboxylic acids is 1. The molecule has 1 heterocycles. The molecule has 2 atom stereocenters. The van der Waals surface area contributed by atoms with Gasteiger partial charge in [-0.15, -0.1) is 0 Å². The van der Waals surface area contributed by atoms with Gasteiger partial charge in [-0.1, -0.05) is 18.2 Å². The topological polar surface area (TPSA) is 93.8 Å². The number of ether oxygens (including phenoxy) is 1. The van der Waals surface area contributed by atoms with E-state index >= 15 is 0 Å². The number of carboxylic acid groups (broad SMARTS) is 1. The molecule has 0 spiro atoms. The van der Waals surface area contributed by atoms with Gasteiger partial charge in [0.05, 0.1) is 24.1 Å². The minimum Gasteiger partial charge on any atom is -0.485 e. The van der Waals surface area contributed by atoms with Gasteiger partial charge in [-0.3, -0.25) is 4.79 Å². The molecule has 0 fully saturated rings. The molecule has 2 aromatic carbocycles. The molecule has 3 rings (SSSR count). The lowest BCUT2D eigenvalue weighted by Crippen LogP contribution is -2.54. The molecule has 6 nitrogen and oxygen atoms in total. The van der Waals surface area contributed by atoms with Crippen molar-refractivity contribution in [1.29, 1.82) is 5.26 Å². The van der Waals surface area contributed by atoms with Crippen LogP contribution in [0.25, 0.3) is 0 Å². The lowest BCUT2D eigenvalue weighted by atomic mass is 9.84. The van der Waals surface area contributed by atoms with Crippen LogP contribution in [0.2, 0.25) is 0 Å². The molecule has 6 heteroatoms. The maximum atomic E-state index is 11.2. The Kier molecular flexibility index (Phi) is 5.06. The Morgan fingerprint density at radius 1 is 1.26 bits per heavy atom. The average molecular weight is 366 g/mol. The lowest BCUT2D eigenvalue weighted by Gasteiger charge is -2.47. The maximum absolute atomic E-state index is 11.2. The minimum atomic E-state index is -0.923. The number of aliphatic hydroxyl groups is 1. The zero-order valence-corrected chi connectivity index (χ0v) is 15.3. The first-order chi connectivity index (χ1) is 12.8. The van der Waals surface area contributed by atoms with Gasteiger partial charge in [0.2, 0.25) is 0 Å². The minimum absolute atomic E-state index is 0.0767. The second kappa shape index (κ2) is 7.29. The van der Waals surface area contributed by atoms with Gasteiger partial charge in [-0.05, 0) is 44.2 Å². The van der Waals surface area contributed by atoms with Crippen molar-refractivity contribution in [1.82, 2.24) is 0 Å². The summed E-state index contributed by atoms with van der Waals surface area (Å²) >= 11 is 0. The zero-order valence-electron chi connectivity index (χ0n) is 15.3. The summed E-state index contributed by atoms with van der Waals surface area (Å²) in [6.45, 7) is 3.81. The van der Waals surface area contributed by atoms with Crippen molar-refractivity contribution < 1.29 is 19.7 Å². The summed E-state index contributed by atoms with van der Waals surface area (Å²) in [5.74, 6) is -0.326. The summed E-state index contributed by atoms with van der Waals surface area (Å²) < 4.78 is 5.97. The molecule has 140 valence electrons. The number of anilines is 1. The Balaban J connectivity index is 2.14. The number of rotatable bonds is 5. The smallest absolute Gasteiger partial charge is 0.305 e. The first-order valence-corrected chi connectivity index (χ1v) is 8.78. The van der Waals surface area contributed by atoms with Crippen LogP contribution in [-0.4, -0.2) is 34.4 Å². The molecule has 0 radical (unpaired) electrons. The summed E-state index contributed by atoms with van der Waals surface area (Å²) in [6, 6.07) is 16.1. The monoisotopic (exact) mass is 366 g/mol. The number of hydrogen-bond acceptors (Lipinski definition) is 5. The highest BCUT2D eigenvalue weighted by Crippen LogP contribution is 2.44. The fraction of sp³-hybridized carbons (Fsp3) is 0.333. The van der Waals surface area contributed by atoms with Gasteiger partial charge in [0, 0.05) is 17.8 Å². The highest BCUT2D eigenvalue weighted by Gasteiger charge is 2.45. The van der Waals surface area contributed by atoms with Crippen molar-refractivity contribution >= 4 is 11.7 Å². The van der Waals surface area contributed by atoms with E-state index in [9.17, 15) is 20.3 Å². The van der Waals surface area contributed by atoms with Gasteiger partial charge in [-0.2, -0.15) is 5.26 Å². The van der Waals surface area contributed by atoms with Crippen molar-refractivity contribution in [2.75, 3.05) is 11.4 Å². The van der Waals surface area contributed by atoms with Crippen molar-refractivity contribution in [3.05, 3.63) is 59.7 Å². The highest BCUT2D eigenvalue weighted by atomic mass is 16.5. The van der Waals surface area contributed by atoms with Crippen LogP contribution in [-0.2, 0) is 4.79 Å². The molecule has 0 saturated heterocycles. The number of para-hydroxylation sites is 1. The molecule has 27 heavy (non-hydrogen) atoms. The van der Waals surface area contributed by atoms with E-state index in [0.29, 0.717) is 16.9 Å². The van der Waals surface area contributed by atoms with E-state index in [1.54, 1.807) is 32.0 Å². The van der Waals surface area contributed by atoms with E-state index in [1.807, 2.05) is 35.2 Å². The van der Waals surface area contributed by atoms with Crippen LogP contribution in [0.3, 0.4) is 0 Å². The molecule has 2 aromatic rings. The first-order valence-electron chi connectivity index (χ1n) is 8.78. The van der Waals surface area contributed by atoms with Gasteiger partial charge < -0.3 is 19.8 Å². The fourth-order valence-electron chi connectivity index (χ4n) is 3.44. The van der Waals surface area contributed by atoms with Crippen LogP contribution < -0.4 is 9.64 Å². The number of nitriles is 1. The first kappa shape index (κ1) is 18.7. The molecule has 1 aliphatic heterocycles. The number of carbonyl (C=O) groups is 1. The molecule has 2 N–H and O–H groups in total. The number of hydrogen-bond donors (Lipinski definition) is 2. The molecule has 0 bridgehead atoms. The van der Waals surface area contributed by atoms with Crippen molar-refractivity contribution in [3.63, 3.8) is 0 Å². The number of carboxylic acids is 1. The third kappa shape index (κ3) is 3.74. The average Bonchev–Trinajstić information content (AvgIpc) is 2.65. The Morgan fingerprint density at radius 3 is 2.59 bits per heavy atom. The third-order valence-electron chi connectivity index (χ3n) is 4.83.